The van der Waals surface area contributed by atoms with Crippen LogP contribution < -0.4 is 9.64 Å². The van der Waals surface area contributed by atoms with E-state index in [1.165, 1.54) is 5.56 Å². The van der Waals surface area contributed by atoms with Crippen LogP contribution in [-0.4, -0.2) is 24.5 Å². The monoisotopic (exact) mass is 282 g/mol. The van der Waals surface area contributed by atoms with Gasteiger partial charge in [-0.05, 0) is 35.7 Å². The second-order valence-corrected chi connectivity index (χ2v) is 5.55. The number of hydrogen-bond donors (Lipinski definition) is 0. The first-order valence-corrected chi connectivity index (χ1v) is 7.06. The highest BCUT2D eigenvalue weighted by atomic mass is 16.5. The fourth-order valence-electron chi connectivity index (χ4n) is 2.40. The average molecular weight is 282 g/mol. The number of benzene rings is 1. The summed E-state index contributed by atoms with van der Waals surface area (Å²) in [6.07, 6.45) is 1.83. The fraction of sp³-hybridized carbons (Fsp3) is 0.294. The van der Waals surface area contributed by atoms with E-state index in [2.05, 4.69) is 24.9 Å². The van der Waals surface area contributed by atoms with E-state index >= 15 is 0 Å². The van der Waals surface area contributed by atoms with Crippen molar-refractivity contribution in [2.24, 2.45) is 0 Å². The van der Waals surface area contributed by atoms with E-state index in [-0.39, 0.29) is 12.5 Å². The van der Waals surface area contributed by atoms with Crippen molar-refractivity contribution in [2.75, 3.05) is 18.6 Å². The Bertz CT molecular complexity index is 695. The first kappa shape index (κ1) is 13.6. The molecule has 1 aromatic carbocycles. The average Bonchev–Trinajstić information content (AvgIpc) is 2.51. The lowest BCUT2D eigenvalue weighted by Gasteiger charge is -2.26. The molecular formula is C17H18N2O2. The number of anilines is 1. The van der Waals surface area contributed by atoms with Crippen molar-refractivity contribution in [3.8, 4) is 17.0 Å². The molecule has 2 aromatic rings. The lowest BCUT2D eigenvalue weighted by atomic mass is 10.0. The number of carbonyl (C=O) groups excluding carboxylic acids is 1. The van der Waals surface area contributed by atoms with Crippen LogP contribution in [-0.2, 0) is 4.79 Å². The number of hydrogen-bond acceptors (Lipinski definition) is 3. The smallest absolute Gasteiger partial charge is 0.264 e. The number of fused-ring (bicyclic) bond motifs is 1. The third-order valence-corrected chi connectivity index (χ3v) is 3.79. The molecule has 4 heteroatoms. The number of nitrogens with zero attached hydrogens (tertiary/aromatic N) is 2. The quantitative estimate of drug-likeness (QED) is 0.849. The van der Waals surface area contributed by atoms with Crippen LogP contribution in [0.3, 0.4) is 0 Å². The summed E-state index contributed by atoms with van der Waals surface area (Å²) in [5.74, 6) is 1.16. The SMILES string of the molecule is CC(C)c1ccnc(-c2ccc3c(c2)OCC(=O)N3C)c1. The number of pyridine rings is 1. The van der Waals surface area contributed by atoms with E-state index in [9.17, 15) is 4.79 Å². The third-order valence-electron chi connectivity index (χ3n) is 3.79. The molecule has 1 aliphatic heterocycles. The maximum atomic E-state index is 11.6. The van der Waals surface area contributed by atoms with Crippen LogP contribution >= 0.6 is 0 Å². The Labute approximate surface area is 124 Å². The van der Waals surface area contributed by atoms with Crippen molar-refractivity contribution >= 4 is 11.6 Å². The van der Waals surface area contributed by atoms with Crippen molar-refractivity contribution in [1.29, 1.82) is 0 Å². The summed E-state index contributed by atoms with van der Waals surface area (Å²) in [7, 11) is 1.76. The van der Waals surface area contributed by atoms with Crippen molar-refractivity contribution in [1.82, 2.24) is 4.98 Å². The largest absolute Gasteiger partial charge is 0.482 e. The number of carbonyl (C=O) groups is 1. The molecule has 0 radical (unpaired) electrons. The van der Waals surface area contributed by atoms with Crippen LogP contribution in [0.25, 0.3) is 11.3 Å². The fourth-order valence-corrected chi connectivity index (χ4v) is 2.40. The van der Waals surface area contributed by atoms with Crippen molar-refractivity contribution in [3.63, 3.8) is 0 Å². The molecule has 0 saturated carbocycles. The molecule has 0 atom stereocenters. The third kappa shape index (κ3) is 2.49. The van der Waals surface area contributed by atoms with E-state index in [1.54, 1.807) is 11.9 Å². The molecule has 0 unspecified atom stereocenters. The highest BCUT2D eigenvalue weighted by Crippen LogP contribution is 2.35. The van der Waals surface area contributed by atoms with Gasteiger partial charge in [-0.25, -0.2) is 0 Å². The van der Waals surface area contributed by atoms with Crippen LogP contribution in [0, 0.1) is 0 Å². The molecule has 0 N–H and O–H groups in total. The van der Waals surface area contributed by atoms with Gasteiger partial charge in [-0.1, -0.05) is 19.9 Å². The number of rotatable bonds is 2. The van der Waals surface area contributed by atoms with Gasteiger partial charge in [0, 0.05) is 18.8 Å². The molecule has 1 aliphatic rings. The molecule has 1 aromatic heterocycles. The maximum absolute atomic E-state index is 11.6. The highest BCUT2D eigenvalue weighted by molar-refractivity contribution is 5.97. The summed E-state index contributed by atoms with van der Waals surface area (Å²) in [6, 6.07) is 9.97. The molecule has 2 heterocycles. The van der Waals surface area contributed by atoms with Crippen molar-refractivity contribution in [2.45, 2.75) is 19.8 Å². The summed E-state index contributed by atoms with van der Waals surface area (Å²) in [5, 5.41) is 0. The predicted octanol–water partition coefficient (Wildman–Crippen LogP) is 3.23. The summed E-state index contributed by atoms with van der Waals surface area (Å²) in [5.41, 5.74) is 3.98. The Balaban J connectivity index is 2.01. The maximum Gasteiger partial charge on any atom is 0.264 e. The molecule has 3 rings (SSSR count). The normalized spacial score (nSPS) is 14.1. The van der Waals surface area contributed by atoms with Crippen molar-refractivity contribution < 1.29 is 9.53 Å². The van der Waals surface area contributed by atoms with E-state index < -0.39 is 0 Å². The predicted molar refractivity (Wildman–Crippen MR) is 82.7 cm³/mol. The van der Waals surface area contributed by atoms with Crippen LogP contribution in [0.5, 0.6) is 5.75 Å². The molecule has 1 amide bonds. The second-order valence-electron chi connectivity index (χ2n) is 5.55. The molecule has 0 saturated heterocycles. The van der Waals surface area contributed by atoms with Gasteiger partial charge >= 0.3 is 0 Å². The molecule has 0 spiro atoms. The van der Waals surface area contributed by atoms with Crippen LogP contribution in [0.4, 0.5) is 5.69 Å². The van der Waals surface area contributed by atoms with Gasteiger partial charge in [0.05, 0.1) is 11.4 Å². The van der Waals surface area contributed by atoms with E-state index in [0.717, 1.165) is 22.7 Å². The molecule has 0 fully saturated rings. The molecule has 108 valence electrons. The van der Waals surface area contributed by atoms with Gasteiger partial charge in [0.1, 0.15) is 5.75 Å². The Morgan fingerprint density at radius 1 is 1.24 bits per heavy atom. The summed E-state index contributed by atoms with van der Waals surface area (Å²) >= 11 is 0. The topological polar surface area (TPSA) is 42.4 Å². The van der Waals surface area contributed by atoms with Crippen molar-refractivity contribution in [3.05, 3.63) is 42.1 Å². The minimum atomic E-state index is -0.0322. The number of likely N-dealkylation sites (N-methyl/N-ethyl adjacent to an activating group) is 1. The first-order valence-electron chi connectivity index (χ1n) is 7.06. The van der Waals surface area contributed by atoms with Crippen LogP contribution in [0.15, 0.2) is 36.5 Å². The van der Waals surface area contributed by atoms with Gasteiger partial charge in [0.15, 0.2) is 6.61 Å². The van der Waals surface area contributed by atoms with Crippen LogP contribution in [0.1, 0.15) is 25.3 Å². The molecular weight excluding hydrogens is 264 g/mol. The lowest BCUT2D eigenvalue weighted by molar-refractivity contribution is -0.120. The zero-order valence-corrected chi connectivity index (χ0v) is 12.5. The highest BCUT2D eigenvalue weighted by Gasteiger charge is 2.22. The van der Waals surface area contributed by atoms with Gasteiger partial charge in [-0.15, -0.1) is 0 Å². The summed E-state index contributed by atoms with van der Waals surface area (Å²) in [6.45, 7) is 4.41. The summed E-state index contributed by atoms with van der Waals surface area (Å²) in [4.78, 5) is 17.7. The zero-order chi connectivity index (χ0) is 15.0. The molecule has 21 heavy (non-hydrogen) atoms. The Hall–Kier alpha value is -2.36. The number of amides is 1. The molecule has 4 nitrogen and oxygen atoms in total. The van der Waals surface area contributed by atoms with Gasteiger partial charge in [-0.2, -0.15) is 0 Å². The van der Waals surface area contributed by atoms with Gasteiger partial charge < -0.3 is 9.64 Å². The first-order chi connectivity index (χ1) is 10.1. The van der Waals surface area contributed by atoms with Gasteiger partial charge in [0.2, 0.25) is 0 Å². The Kier molecular flexibility index (Phi) is 3.37. The van der Waals surface area contributed by atoms with E-state index in [4.69, 9.17) is 4.74 Å². The minimum Gasteiger partial charge on any atom is -0.482 e. The molecule has 0 bridgehead atoms. The van der Waals surface area contributed by atoms with Gasteiger partial charge in [-0.3, -0.25) is 9.78 Å². The summed E-state index contributed by atoms with van der Waals surface area (Å²) < 4.78 is 5.53. The Morgan fingerprint density at radius 2 is 2.05 bits per heavy atom. The second kappa shape index (κ2) is 5.20. The number of ether oxygens (including phenoxy) is 1. The zero-order valence-electron chi connectivity index (χ0n) is 12.5. The molecule has 0 aliphatic carbocycles. The number of aromatic nitrogens is 1. The standard InChI is InChI=1S/C17H18N2O2/c1-11(2)12-6-7-18-14(8-12)13-4-5-15-16(9-13)21-10-17(20)19(15)3/h4-9,11H,10H2,1-3H3. The van der Waals surface area contributed by atoms with Gasteiger partial charge in [0.25, 0.3) is 5.91 Å². The Morgan fingerprint density at radius 3 is 2.81 bits per heavy atom. The van der Waals surface area contributed by atoms with E-state index in [1.807, 2.05) is 30.5 Å². The van der Waals surface area contributed by atoms with Crippen LogP contribution in [0.2, 0.25) is 0 Å². The van der Waals surface area contributed by atoms with E-state index in [0.29, 0.717) is 5.92 Å². The lowest BCUT2D eigenvalue weighted by Crippen LogP contribution is -2.35. The minimum absolute atomic E-state index is 0.0322.